The van der Waals surface area contributed by atoms with E-state index in [2.05, 4.69) is 0 Å². The van der Waals surface area contributed by atoms with Gasteiger partial charge in [0.15, 0.2) is 0 Å². The van der Waals surface area contributed by atoms with Crippen molar-refractivity contribution in [1.29, 1.82) is 0 Å². The van der Waals surface area contributed by atoms with E-state index < -0.39 is 0 Å². The SMILES string of the molecule is [Lu].[N-]=[N+]=[N-]. The summed E-state index contributed by atoms with van der Waals surface area (Å²) in [6.07, 6.45) is 0. The van der Waals surface area contributed by atoms with Crippen molar-refractivity contribution in [3.8, 4) is 0 Å². The van der Waals surface area contributed by atoms with Gasteiger partial charge in [-0.05, 0) is 0 Å². The molecule has 0 saturated heterocycles. The molecule has 0 aromatic rings. The van der Waals surface area contributed by atoms with Gasteiger partial charge >= 0.3 is 0 Å². The van der Waals surface area contributed by atoms with E-state index in [1.165, 1.54) is 4.91 Å². The van der Waals surface area contributed by atoms with Crippen LogP contribution in [0.2, 0.25) is 0 Å². The molecule has 31 valence electrons. The van der Waals surface area contributed by atoms with Gasteiger partial charge in [-0.15, -0.1) is 0 Å². The molecular weight excluding hydrogens is 217 g/mol. The zero-order chi connectivity index (χ0) is 2.71. The molecule has 0 fully saturated rings. The molecule has 0 aliphatic heterocycles. The zero-order valence-electron chi connectivity index (χ0n) is 1.60. The smallest absolute Gasteiger partial charge is 0 e. The second-order valence-corrected chi connectivity index (χ2v) is 0.0894. The van der Waals surface area contributed by atoms with E-state index in [0.717, 1.165) is 0 Å². The normalized spacial score (nSPS) is 2.00. The molecule has 0 aromatic carbocycles. The van der Waals surface area contributed by atoms with Crippen LogP contribution < -0.4 is 0 Å². The molecule has 0 aliphatic rings. The van der Waals surface area contributed by atoms with Crippen LogP contribution in [0, 0.1) is 36.9 Å². The molecule has 1 radical (unpaired) electrons. The van der Waals surface area contributed by atoms with Gasteiger partial charge in [0.1, 0.15) is 0 Å². The van der Waals surface area contributed by atoms with Crippen molar-refractivity contribution in [3.63, 3.8) is 0 Å². The minimum absolute atomic E-state index is 0. The van der Waals surface area contributed by atoms with Crippen molar-refractivity contribution in [3.05, 3.63) is 16.0 Å². The van der Waals surface area contributed by atoms with Gasteiger partial charge in [-0.3, -0.25) is 4.91 Å². The van der Waals surface area contributed by atoms with Crippen molar-refractivity contribution in [1.82, 2.24) is 0 Å². The first-order chi connectivity index (χ1) is 1.41. The quantitative estimate of drug-likeness (QED) is 0.328. The second kappa shape index (κ2) is 9.62. The Bertz CT molecular complexity index is 24.3. The Labute approximate surface area is 52.6 Å². The topological polar surface area (TPSA) is 58.7 Å². The summed E-state index contributed by atoms with van der Waals surface area (Å²) < 4.78 is 0. The van der Waals surface area contributed by atoms with Crippen LogP contribution in [0.15, 0.2) is 0 Å². The van der Waals surface area contributed by atoms with Crippen molar-refractivity contribution >= 4 is 0 Å². The molecule has 0 saturated carbocycles. The van der Waals surface area contributed by atoms with E-state index in [1.807, 2.05) is 0 Å². The fourth-order valence-electron chi connectivity index (χ4n) is 0. The van der Waals surface area contributed by atoms with Crippen LogP contribution >= 0.6 is 0 Å². The summed E-state index contributed by atoms with van der Waals surface area (Å²) in [7, 11) is 0. The number of hydrogen-bond acceptors (Lipinski definition) is 0. The maximum absolute atomic E-state index is 6.75. The van der Waals surface area contributed by atoms with E-state index in [9.17, 15) is 0 Å². The third-order valence-electron chi connectivity index (χ3n) is 0. The Kier molecular flexibility index (Phi) is 21.2. The predicted molar refractivity (Wildman–Crippen MR) is 10.1 cm³/mol. The van der Waals surface area contributed by atoms with Gasteiger partial charge in [-0.1, -0.05) is 0 Å². The molecular formula is LuN3-. The largest absolute Gasteiger partial charge is 0.373 e. The van der Waals surface area contributed by atoms with Gasteiger partial charge in [0.05, 0.1) is 0 Å². The molecule has 0 aromatic heterocycles. The number of nitrogens with zero attached hydrogens (tertiary/aromatic N) is 3. The summed E-state index contributed by atoms with van der Waals surface area (Å²) in [5.74, 6) is 0. The molecule has 0 bridgehead atoms. The minimum Gasteiger partial charge on any atom is -0.373 e. The van der Waals surface area contributed by atoms with Crippen LogP contribution in [-0.4, -0.2) is 0 Å². The van der Waals surface area contributed by atoms with E-state index in [-0.39, 0.29) is 36.9 Å². The molecule has 0 aliphatic carbocycles. The van der Waals surface area contributed by atoms with Gasteiger partial charge in [0, 0.05) is 36.9 Å². The van der Waals surface area contributed by atoms with E-state index >= 15 is 0 Å². The van der Waals surface area contributed by atoms with Crippen LogP contribution in [0.5, 0.6) is 0 Å². The van der Waals surface area contributed by atoms with Crippen molar-refractivity contribution in [2.45, 2.75) is 0 Å². The Morgan fingerprint density at radius 3 is 1.25 bits per heavy atom. The Balaban J connectivity index is 0. The molecule has 0 unspecified atom stereocenters. The van der Waals surface area contributed by atoms with Crippen LogP contribution in [0.4, 0.5) is 0 Å². The molecule has 3 nitrogen and oxygen atoms in total. The van der Waals surface area contributed by atoms with E-state index in [1.54, 1.807) is 0 Å². The molecule has 0 amide bonds. The summed E-state index contributed by atoms with van der Waals surface area (Å²) >= 11 is 0. The van der Waals surface area contributed by atoms with Gasteiger partial charge in [0.2, 0.25) is 0 Å². The zero-order valence-corrected chi connectivity index (χ0v) is 3.26. The summed E-state index contributed by atoms with van der Waals surface area (Å²) in [5, 5.41) is 0. The predicted octanol–water partition coefficient (Wildman–Crippen LogP) is 0.866. The average Bonchev–Trinajstić information content (AvgIpc) is 0.918. The summed E-state index contributed by atoms with van der Waals surface area (Å²) in [4.78, 5) is 1.50. The van der Waals surface area contributed by atoms with E-state index in [4.69, 9.17) is 11.1 Å². The Morgan fingerprint density at radius 1 is 1.25 bits per heavy atom. The first-order valence-electron chi connectivity index (χ1n) is 0.400. The third-order valence-corrected chi connectivity index (χ3v) is 0. The van der Waals surface area contributed by atoms with Crippen molar-refractivity contribution in [2.24, 2.45) is 0 Å². The standard InChI is InChI=1S/Lu.N3/c;1-3-2/q;-1. The average molecular weight is 217 g/mol. The Hall–Kier alpha value is 0.544. The summed E-state index contributed by atoms with van der Waals surface area (Å²) in [6.45, 7) is 0. The molecule has 0 heterocycles. The van der Waals surface area contributed by atoms with Gasteiger partial charge < -0.3 is 11.1 Å². The molecule has 4 heavy (non-hydrogen) atoms. The summed E-state index contributed by atoms with van der Waals surface area (Å²) in [5.41, 5.74) is 13.5. The molecule has 0 spiro atoms. The Morgan fingerprint density at radius 2 is 1.25 bits per heavy atom. The number of hydrogen-bond donors (Lipinski definition) is 0. The van der Waals surface area contributed by atoms with E-state index in [0.29, 0.717) is 0 Å². The van der Waals surface area contributed by atoms with Crippen molar-refractivity contribution < 1.29 is 36.9 Å². The molecule has 4 heteroatoms. The fraction of sp³-hybridized carbons (Fsp3) is 0. The summed E-state index contributed by atoms with van der Waals surface area (Å²) in [6, 6.07) is 0. The molecule has 0 atom stereocenters. The van der Waals surface area contributed by atoms with Gasteiger partial charge in [-0.2, -0.15) is 0 Å². The second-order valence-electron chi connectivity index (χ2n) is 0.0894. The van der Waals surface area contributed by atoms with Crippen LogP contribution in [-0.2, 0) is 0 Å². The molecule has 0 rings (SSSR count). The minimum atomic E-state index is 0. The van der Waals surface area contributed by atoms with Gasteiger partial charge in [-0.25, -0.2) is 0 Å². The third kappa shape index (κ3) is 20.5. The van der Waals surface area contributed by atoms with Crippen LogP contribution in [0.1, 0.15) is 0 Å². The monoisotopic (exact) mass is 217 g/mol. The number of rotatable bonds is 0. The first kappa shape index (κ1) is 8.82. The van der Waals surface area contributed by atoms with Crippen LogP contribution in [0.25, 0.3) is 16.0 Å². The van der Waals surface area contributed by atoms with Crippen molar-refractivity contribution in [2.75, 3.05) is 0 Å². The maximum Gasteiger partial charge on any atom is 0 e. The first-order valence-corrected chi connectivity index (χ1v) is 0.400. The maximum atomic E-state index is 6.75. The molecule has 0 N–H and O–H groups in total. The fourth-order valence-corrected chi connectivity index (χ4v) is 0. The van der Waals surface area contributed by atoms with Gasteiger partial charge in [0.25, 0.3) is 0 Å². The van der Waals surface area contributed by atoms with Crippen LogP contribution in [0.3, 0.4) is 0 Å².